The lowest BCUT2D eigenvalue weighted by atomic mass is 10.0. The van der Waals surface area contributed by atoms with Gasteiger partial charge in [0.2, 0.25) is 12.4 Å². The van der Waals surface area contributed by atoms with E-state index in [1.807, 2.05) is 39.0 Å². The minimum absolute atomic E-state index is 0.0985. The van der Waals surface area contributed by atoms with Crippen molar-refractivity contribution in [3.8, 4) is 11.4 Å². The molecule has 2 N–H and O–H groups in total. The summed E-state index contributed by atoms with van der Waals surface area (Å²) in [6, 6.07) is 14.2. The Labute approximate surface area is 266 Å². The SMILES string of the molecule is CCCc1ccc(C)cc1N(C=O)C(=NC(=O)Nc1ccc(CNc2ncn(-c3ccc(OC(F)(F)F)cc3)n2)cc1F)SCC. The first-order valence-corrected chi connectivity index (χ1v) is 15.1. The molecule has 15 heteroatoms. The minimum atomic E-state index is -4.79. The van der Waals surface area contributed by atoms with Crippen LogP contribution < -0.4 is 20.3 Å². The molecular weight excluding hydrogens is 626 g/mol. The number of anilines is 3. The number of rotatable bonds is 11. The fraction of sp³-hybridized carbons (Fsp3) is 0.258. The van der Waals surface area contributed by atoms with Crippen molar-refractivity contribution in [1.82, 2.24) is 14.8 Å². The number of aryl methyl sites for hydroxylation is 2. The molecule has 46 heavy (non-hydrogen) atoms. The standard InChI is InChI=1S/C31H31F4N7O3S/c1-4-6-22-9-7-20(3)15-27(22)41(19-43)30(46-5-2)39-29(44)38-26-14-8-21(16-25(26)32)17-36-28-37-18-42(40-28)23-10-12-24(13-11-23)45-31(33,34)35/h7-16,18-19H,4-6,17H2,1-3H3,(H,36,40)(H,38,44). The summed E-state index contributed by atoms with van der Waals surface area (Å²) in [5.74, 6) is -0.338. The van der Waals surface area contributed by atoms with Crippen LogP contribution in [0.15, 0.2) is 72.0 Å². The zero-order valence-electron chi connectivity index (χ0n) is 25.1. The number of carbonyl (C=O) groups is 2. The summed E-state index contributed by atoms with van der Waals surface area (Å²) >= 11 is 1.21. The second kappa shape index (κ2) is 15.4. The normalized spacial score (nSPS) is 11.7. The highest BCUT2D eigenvalue weighted by Gasteiger charge is 2.31. The number of nitrogens with one attached hydrogen (secondary N) is 2. The molecule has 0 bridgehead atoms. The van der Waals surface area contributed by atoms with Crippen LogP contribution in [0.5, 0.6) is 5.75 Å². The van der Waals surface area contributed by atoms with Gasteiger partial charge in [-0.2, -0.15) is 4.99 Å². The summed E-state index contributed by atoms with van der Waals surface area (Å²) in [5.41, 5.74) is 3.39. The zero-order chi connectivity index (χ0) is 33.3. The molecule has 1 heterocycles. The molecule has 0 spiro atoms. The molecule has 4 rings (SSSR count). The number of hydrogen-bond acceptors (Lipinski definition) is 7. The fourth-order valence-electron chi connectivity index (χ4n) is 4.32. The number of ether oxygens (including phenoxy) is 1. The Morgan fingerprint density at radius 3 is 2.52 bits per heavy atom. The predicted molar refractivity (Wildman–Crippen MR) is 170 cm³/mol. The van der Waals surface area contributed by atoms with Gasteiger partial charge in [-0.3, -0.25) is 9.69 Å². The molecule has 0 aliphatic rings. The van der Waals surface area contributed by atoms with Crippen LogP contribution in [0.4, 0.5) is 39.7 Å². The summed E-state index contributed by atoms with van der Waals surface area (Å²) in [5, 5.41) is 9.77. The fourth-order valence-corrected chi connectivity index (χ4v) is 5.00. The van der Waals surface area contributed by atoms with Crippen LogP contribution in [0.25, 0.3) is 5.69 Å². The van der Waals surface area contributed by atoms with Gasteiger partial charge >= 0.3 is 12.4 Å². The minimum Gasteiger partial charge on any atom is -0.406 e. The van der Waals surface area contributed by atoms with Crippen molar-refractivity contribution >= 4 is 46.7 Å². The van der Waals surface area contributed by atoms with Crippen LogP contribution in [0.3, 0.4) is 0 Å². The van der Waals surface area contributed by atoms with Crippen LogP contribution in [-0.4, -0.2) is 44.5 Å². The van der Waals surface area contributed by atoms with Crippen molar-refractivity contribution in [2.24, 2.45) is 4.99 Å². The number of thioether (sulfide) groups is 1. The Kier molecular flexibility index (Phi) is 11.4. The average molecular weight is 658 g/mol. The van der Waals surface area contributed by atoms with Crippen LogP contribution >= 0.6 is 11.8 Å². The maximum atomic E-state index is 15.0. The second-order valence-electron chi connectivity index (χ2n) is 9.84. The molecule has 3 amide bonds. The lowest BCUT2D eigenvalue weighted by Gasteiger charge is -2.22. The number of hydrogen-bond donors (Lipinski definition) is 2. The molecule has 3 aromatic carbocycles. The van der Waals surface area contributed by atoms with Crippen LogP contribution in [-0.2, 0) is 17.8 Å². The molecule has 0 saturated carbocycles. The van der Waals surface area contributed by atoms with Crippen molar-refractivity contribution in [1.29, 1.82) is 0 Å². The van der Waals surface area contributed by atoms with E-state index in [-0.39, 0.29) is 29.1 Å². The Balaban J connectivity index is 1.41. The third kappa shape index (κ3) is 9.30. The highest BCUT2D eigenvalue weighted by molar-refractivity contribution is 8.14. The first kappa shape index (κ1) is 34.0. The van der Waals surface area contributed by atoms with Crippen molar-refractivity contribution in [2.45, 2.75) is 46.5 Å². The van der Waals surface area contributed by atoms with E-state index in [4.69, 9.17) is 0 Å². The number of amides is 3. The largest absolute Gasteiger partial charge is 0.573 e. The van der Waals surface area contributed by atoms with Gasteiger partial charge in [-0.1, -0.05) is 50.2 Å². The summed E-state index contributed by atoms with van der Waals surface area (Å²) < 4.78 is 57.3. The third-order valence-electron chi connectivity index (χ3n) is 6.35. The molecule has 0 radical (unpaired) electrons. The molecule has 4 aromatic rings. The lowest BCUT2D eigenvalue weighted by molar-refractivity contribution is -0.274. The molecule has 1 aromatic heterocycles. The van der Waals surface area contributed by atoms with E-state index in [2.05, 4.69) is 30.4 Å². The van der Waals surface area contributed by atoms with Gasteiger partial charge in [-0.05, 0) is 78.3 Å². The van der Waals surface area contributed by atoms with Gasteiger partial charge in [0.15, 0.2) is 5.17 Å². The molecular formula is C31H31F4N7O3S. The summed E-state index contributed by atoms with van der Waals surface area (Å²) in [6.45, 7) is 5.94. The Morgan fingerprint density at radius 2 is 1.87 bits per heavy atom. The van der Waals surface area contributed by atoms with Gasteiger partial charge in [0, 0.05) is 6.54 Å². The maximum absolute atomic E-state index is 15.0. The van der Waals surface area contributed by atoms with E-state index in [0.29, 0.717) is 29.1 Å². The molecule has 0 aliphatic heterocycles. The number of benzene rings is 3. The lowest BCUT2D eigenvalue weighted by Crippen LogP contribution is -2.30. The molecule has 10 nitrogen and oxygen atoms in total. The first-order chi connectivity index (χ1) is 22.0. The van der Waals surface area contributed by atoms with Gasteiger partial charge in [0.1, 0.15) is 17.9 Å². The van der Waals surface area contributed by atoms with E-state index >= 15 is 0 Å². The highest BCUT2D eigenvalue weighted by atomic mass is 32.2. The second-order valence-corrected chi connectivity index (χ2v) is 11.1. The van der Waals surface area contributed by atoms with E-state index in [9.17, 15) is 27.2 Å². The zero-order valence-corrected chi connectivity index (χ0v) is 26.0. The van der Waals surface area contributed by atoms with Gasteiger partial charge < -0.3 is 15.4 Å². The monoisotopic (exact) mass is 657 g/mol. The summed E-state index contributed by atoms with van der Waals surface area (Å²) in [4.78, 5) is 34.6. The van der Waals surface area contributed by atoms with Crippen molar-refractivity contribution in [2.75, 3.05) is 21.3 Å². The Morgan fingerprint density at radius 1 is 1.11 bits per heavy atom. The van der Waals surface area contributed by atoms with Gasteiger partial charge in [0.05, 0.1) is 17.1 Å². The van der Waals surface area contributed by atoms with Gasteiger partial charge in [0.25, 0.3) is 0 Å². The molecule has 0 aliphatic carbocycles. The molecule has 0 atom stereocenters. The number of nitrogens with zero attached hydrogens (tertiary/aromatic N) is 5. The summed E-state index contributed by atoms with van der Waals surface area (Å²) in [6.07, 6.45) is -1.21. The third-order valence-corrected chi connectivity index (χ3v) is 7.19. The quantitative estimate of drug-likeness (QED) is 0.0744. The molecule has 0 saturated heterocycles. The van der Waals surface area contributed by atoms with Crippen molar-refractivity contribution < 1.29 is 31.9 Å². The molecule has 0 fully saturated rings. The predicted octanol–water partition coefficient (Wildman–Crippen LogP) is 7.48. The summed E-state index contributed by atoms with van der Waals surface area (Å²) in [7, 11) is 0. The number of aromatic nitrogens is 3. The molecule has 242 valence electrons. The van der Waals surface area contributed by atoms with Gasteiger partial charge in [-0.25, -0.2) is 18.9 Å². The number of amidine groups is 1. The smallest absolute Gasteiger partial charge is 0.406 e. The average Bonchev–Trinajstić information content (AvgIpc) is 3.48. The van der Waals surface area contributed by atoms with E-state index in [1.165, 1.54) is 51.9 Å². The van der Waals surface area contributed by atoms with E-state index in [1.54, 1.807) is 6.07 Å². The van der Waals surface area contributed by atoms with E-state index in [0.717, 1.165) is 36.1 Å². The Hall–Kier alpha value is -4.92. The van der Waals surface area contributed by atoms with Crippen LogP contribution in [0.1, 0.15) is 37.0 Å². The number of carbonyl (C=O) groups excluding carboxylic acids is 2. The number of aliphatic imine (C=N–C) groups is 1. The number of urea groups is 1. The Bertz CT molecular complexity index is 1690. The topological polar surface area (TPSA) is 114 Å². The van der Waals surface area contributed by atoms with E-state index < -0.39 is 18.2 Å². The number of halogens is 4. The van der Waals surface area contributed by atoms with Crippen LogP contribution in [0, 0.1) is 12.7 Å². The number of alkyl halides is 3. The van der Waals surface area contributed by atoms with Gasteiger partial charge in [-0.15, -0.1) is 18.3 Å². The van der Waals surface area contributed by atoms with Crippen molar-refractivity contribution in [3.63, 3.8) is 0 Å². The molecule has 0 unspecified atom stereocenters. The first-order valence-electron chi connectivity index (χ1n) is 14.2. The van der Waals surface area contributed by atoms with Crippen LogP contribution in [0.2, 0.25) is 0 Å². The highest BCUT2D eigenvalue weighted by Crippen LogP contribution is 2.27. The maximum Gasteiger partial charge on any atom is 0.573 e. The van der Waals surface area contributed by atoms with Crippen molar-refractivity contribution in [3.05, 3.63) is 89.5 Å².